The standard InChI is InChI=1S/C25H33N.CH5N/c1-17-10-12-24(2)19(15-17)6-7-20-22-9-8-21(18-5-4-14-26-16-18)25(22,3)13-11-23(20)24;1-2/h4-5,8-9,14,16-17,19-20,23H,6-7,10-13,15H2,1-3H3;2H2,1H3. The minimum absolute atomic E-state index is 0.245. The van der Waals surface area contributed by atoms with Crippen molar-refractivity contribution >= 4 is 5.57 Å². The molecule has 0 aromatic carbocycles. The molecule has 0 amide bonds. The molecule has 2 heteroatoms. The largest absolute Gasteiger partial charge is 0.333 e. The molecule has 1 aromatic rings. The molecule has 0 spiro atoms. The van der Waals surface area contributed by atoms with Gasteiger partial charge < -0.3 is 5.73 Å². The first-order valence-electron chi connectivity index (χ1n) is 11.4. The van der Waals surface area contributed by atoms with Crippen molar-refractivity contribution in [3.8, 4) is 0 Å². The number of nitrogens with two attached hydrogens (primary N) is 1. The molecule has 1 heterocycles. The van der Waals surface area contributed by atoms with Crippen molar-refractivity contribution in [2.45, 2.75) is 65.7 Å². The fourth-order valence-corrected chi connectivity index (χ4v) is 7.40. The quantitative estimate of drug-likeness (QED) is 0.627. The van der Waals surface area contributed by atoms with Crippen LogP contribution in [0, 0.1) is 34.5 Å². The molecule has 4 aliphatic rings. The molecule has 0 saturated heterocycles. The second-order valence-electron chi connectivity index (χ2n) is 10.2. The van der Waals surface area contributed by atoms with Crippen LogP contribution < -0.4 is 5.73 Å². The summed E-state index contributed by atoms with van der Waals surface area (Å²) in [5.74, 6) is 3.65. The zero-order chi connectivity index (χ0) is 19.9. The molecule has 152 valence electrons. The Labute approximate surface area is 171 Å². The van der Waals surface area contributed by atoms with Crippen LogP contribution in [0.5, 0.6) is 0 Å². The Kier molecular flexibility index (Phi) is 5.29. The van der Waals surface area contributed by atoms with Gasteiger partial charge in [-0.15, -0.1) is 0 Å². The molecule has 6 unspecified atom stereocenters. The first-order valence-corrected chi connectivity index (χ1v) is 11.4. The number of pyridine rings is 1. The van der Waals surface area contributed by atoms with E-state index in [9.17, 15) is 0 Å². The summed E-state index contributed by atoms with van der Waals surface area (Å²) in [5, 5.41) is 0. The van der Waals surface area contributed by atoms with E-state index in [1.54, 1.807) is 5.57 Å². The Morgan fingerprint density at radius 2 is 1.86 bits per heavy atom. The molecule has 2 N–H and O–H groups in total. The Morgan fingerprint density at radius 3 is 2.61 bits per heavy atom. The van der Waals surface area contributed by atoms with E-state index in [4.69, 9.17) is 0 Å². The van der Waals surface area contributed by atoms with Gasteiger partial charge in [-0.25, -0.2) is 0 Å². The maximum absolute atomic E-state index is 4.50. The van der Waals surface area contributed by atoms with Crippen molar-refractivity contribution in [3.63, 3.8) is 0 Å². The smallest absolute Gasteiger partial charge is 0.0343 e. The van der Waals surface area contributed by atoms with Gasteiger partial charge in [0.25, 0.3) is 0 Å². The van der Waals surface area contributed by atoms with Gasteiger partial charge >= 0.3 is 0 Å². The molecule has 4 aliphatic carbocycles. The number of allylic oxidation sites excluding steroid dienone is 4. The predicted octanol–water partition coefficient (Wildman–Crippen LogP) is 6.25. The fraction of sp³-hybridized carbons (Fsp3) is 0.654. The van der Waals surface area contributed by atoms with Crippen molar-refractivity contribution < 1.29 is 0 Å². The van der Waals surface area contributed by atoms with E-state index in [2.05, 4.69) is 62.0 Å². The van der Waals surface area contributed by atoms with E-state index in [0.717, 1.165) is 23.7 Å². The van der Waals surface area contributed by atoms with Crippen LogP contribution >= 0.6 is 0 Å². The first kappa shape index (κ1) is 19.9. The van der Waals surface area contributed by atoms with Crippen molar-refractivity contribution in [1.82, 2.24) is 4.98 Å². The summed E-state index contributed by atoms with van der Waals surface area (Å²) in [6, 6.07) is 4.33. The Morgan fingerprint density at radius 1 is 1.04 bits per heavy atom. The summed E-state index contributed by atoms with van der Waals surface area (Å²) in [5.41, 5.74) is 9.94. The number of aromatic nitrogens is 1. The average molecular weight is 379 g/mol. The lowest BCUT2D eigenvalue weighted by Gasteiger charge is -2.59. The highest BCUT2D eigenvalue weighted by atomic mass is 14.6. The fourth-order valence-electron chi connectivity index (χ4n) is 7.40. The number of hydrogen-bond acceptors (Lipinski definition) is 2. The van der Waals surface area contributed by atoms with E-state index in [1.807, 2.05) is 6.20 Å². The van der Waals surface area contributed by atoms with Crippen LogP contribution in [0.3, 0.4) is 0 Å². The number of hydrogen-bond donors (Lipinski definition) is 1. The van der Waals surface area contributed by atoms with E-state index in [0.29, 0.717) is 5.41 Å². The highest BCUT2D eigenvalue weighted by Crippen LogP contribution is 2.66. The molecule has 0 radical (unpaired) electrons. The van der Waals surface area contributed by atoms with Crippen LogP contribution in [0.25, 0.3) is 5.57 Å². The molecular formula is C26H38N2. The summed E-state index contributed by atoms with van der Waals surface area (Å²) < 4.78 is 0. The monoisotopic (exact) mass is 378 g/mol. The second kappa shape index (κ2) is 7.44. The lowest BCUT2D eigenvalue weighted by atomic mass is 9.45. The first-order chi connectivity index (χ1) is 13.5. The predicted molar refractivity (Wildman–Crippen MR) is 119 cm³/mol. The summed E-state index contributed by atoms with van der Waals surface area (Å²) in [7, 11) is 1.50. The number of fused-ring (bicyclic) bond motifs is 5. The van der Waals surface area contributed by atoms with E-state index in [-0.39, 0.29) is 5.41 Å². The molecule has 0 bridgehead atoms. The highest BCUT2D eigenvalue weighted by molar-refractivity contribution is 5.78. The van der Waals surface area contributed by atoms with Gasteiger partial charge in [0, 0.05) is 17.8 Å². The highest BCUT2D eigenvalue weighted by Gasteiger charge is 2.56. The summed E-state index contributed by atoms with van der Waals surface area (Å²) in [6.07, 6.45) is 18.9. The number of nitrogens with zero attached hydrogens (tertiary/aromatic N) is 1. The van der Waals surface area contributed by atoms with Crippen LogP contribution in [-0.2, 0) is 0 Å². The van der Waals surface area contributed by atoms with Gasteiger partial charge in [0.2, 0.25) is 0 Å². The SMILES string of the molecule is CC1CCC2(C)C(CCC3C4=CC=C(c5cccnc5)C4(C)CCC32)C1.CN. The van der Waals surface area contributed by atoms with E-state index >= 15 is 0 Å². The topological polar surface area (TPSA) is 38.9 Å². The average Bonchev–Trinajstić information content (AvgIpc) is 3.08. The van der Waals surface area contributed by atoms with Crippen LogP contribution in [0.15, 0.2) is 42.3 Å². The second-order valence-corrected chi connectivity index (χ2v) is 10.2. The Balaban J connectivity index is 0.000000932. The summed E-state index contributed by atoms with van der Waals surface area (Å²) in [4.78, 5) is 4.39. The van der Waals surface area contributed by atoms with Gasteiger partial charge in [0.05, 0.1) is 0 Å². The summed E-state index contributed by atoms with van der Waals surface area (Å²) in [6.45, 7) is 7.65. The molecule has 3 fully saturated rings. The van der Waals surface area contributed by atoms with Crippen molar-refractivity contribution in [2.75, 3.05) is 7.05 Å². The molecule has 3 saturated carbocycles. The van der Waals surface area contributed by atoms with E-state index in [1.165, 1.54) is 63.1 Å². The third-order valence-corrected chi connectivity index (χ3v) is 8.94. The lowest BCUT2D eigenvalue weighted by molar-refractivity contribution is -0.0579. The molecule has 0 aliphatic heterocycles. The molecule has 6 atom stereocenters. The van der Waals surface area contributed by atoms with E-state index < -0.39 is 0 Å². The van der Waals surface area contributed by atoms with Crippen molar-refractivity contribution in [3.05, 3.63) is 47.8 Å². The zero-order valence-corrected chi connectivity index (χ0v) is 18.2. The zero-order valence-electron chi connectivity index (χ0n) is 18.2. The maximum atomic E-state index is 4.50. The van der Waals surface area contributed by atoms with Crippen LogP contribution in [0.1, 0.15) is 71.3 Å². The number of rotatable bonds is 1. The minimum Gasteiger partial charge on any atom is -0.333 e. The van der Waals surface area contributed by atoms with Crippen molar-refractivity contribution in [1.29, 1.82) is 0 Å². The Hall–Kier alpha value is -1.41. The van der Waals surface area contributed by atoms with Gasteiger partial charge in [-0.2, -0.15) is 0 Å². The Bertz CT molecular complexity index is 764. The van der Waals surface area contributed by atoms with Gasteiger partial charge in [0.15, 0.2) is 0 Å². The van der Waals surface area contributed by atoms with Gasteiger partial charge in [-0.05, 0) is 91.9 Å². The molecule has 28 heavy (non-hydrogen) atoms. The normalized spacial score (nSPS) is 41.5. The lowest BCUT2D eigenvalue weighted by Crippen LogP contribution is -2.50. The molecule has 2 nitrogen and oxygen atoms in total. The third-order valence-electron chi connectivity index (χ3n) is 8.94. The van der Waals surface area contributed by atoms with Gasteiger partial charge in [-0.3, -0.25) is 4.98 Å². The van der Waals surface area contributed by atoms with Crippen LogP contribution in [-0.4, -0.2) is 12.0 Å². The molecule has 1 aromatic heterocycles. The third kappa shape index (κ3) is 2.91. The van der Waals surface area contributed by atoms with Crippen LogP contribution in [0.4, 0.5) is 0 Å². The minimum atomic E-state index is 0.245. The van der Waals surface area contributed by atoms with Gasteiger partial charge in [-0.1, -0.05) is 51.0 Å². The maximum Gasteiger partial charge on any atom is 0.0343 e. The molecular weight excluding hydrogens is 340 g/mol. The van der Waals surface area contributed by atoms with Gasteiger partial charge in [0.1, 0.15) is 0 Å². The van der Waals surface area contributed by atoms with Crippen LogP contribution in [0.2, 0.25) is 0 Å². The summed E-state index contributed by atoms with van der Waals surface area (Å²) >= 11 is 0. The molecule has 5 rings (SSSR count). The van der Waals surface area contributed by atoms with Crippen molar-refractivity contribution in [2.24, 2.45) is 40.2 Å².